The number of carbonyl (C=O) groups excluding carboxylic acids is 1. The van der Waals surface area contributed by atoms with Gasteiger partial charge in [0, 0.05) is 12.2 Å². The number of imidazole rings is 1. The number of para-hydroxylation sites is 2. The van der Waals surface area contributed by atoms with E-state index < -0.39 is 0 Å². The van der Waals surface area contributed by atoms with Crippen LogP contribution < -0.4 is 5.32 Å². The van der Waals surface area contributed by atoms with Gasteiger partial charge in [0.15, 0.2) is 0 Å². The number of hydrogen-bond donors (Lipinski definition) is 1. The van der Waals surface area contributed by atoms with Crippen molar-refractivity contribution in [2.24, 2.45) is 5.92 Å². The average Bonchev–Trinajstić information content (AvgIpc) is 3.01. The van der Waals surface area contributed by atoms with Crippen molar-refractivity contribution >= 4 is 22.6 Å². The maximum atomic E-state index is 12.6. The third-order valence-electron chi connectivity index (χ3n) is 6.30. The Bertz CT molecular complexity index is 1040. The molecule has 1 aliphatic rings. The van der Waals surface area contributed by atoms with Crippen molar-refractivity contribution in [1.29, 1.82) is 0 Å². The topological polar surface area (TPSA) is 50.2 Å². The summed E-state index contributed by atoms with van der Waals surface area (Å²) in [6.45, 7) is 11.7. The minimum atomic E-state index is 0.0833. The zero-order valence-corrected chi connectivity index (χ0v) is 18.5. The minimum Gasteiger partial charge on any atom is -0.328 e. The summed E-state index contributed by atoms with van der Waals surface area (Å²) in [4.78, 5) is 19.6. The molecule has 0 unspecified atom stereocenters. The molecule has 1 saturated heterocycles. The number of aryl methyl sites for hydroxylation is 4. The van der Waals surface area contributed by atoms with E-state index in [0.717, 1.165) is 60.6 Å². The van der Waals surface area contributed by atoms with E-state index in [0.29, 0.717) is 12.5 Å². The quantitative estimate of drug-likeness (QED) is 0.675. The van der Waals surface area contributed by atoms with Crippen molar-refractivity contribution in [3.05, 3.63) is 58.9 Å². The van der Waals surface area contributed by atoms with E-state index in [9.17, 15) is 4.79 Å². The van der Waals surface area contributed by atoms with Crippen molar-refractivity contribution in [2.75, 3.05) is 25.0 Å². The number of hydrogen-bond acceptors (Lipinski definition) is 3. The van der Waals surface area contributed by atoms with Gasteiger partial charge < -0.3 is 9.88 Å². The molecule has 1 aromatic heterocycles. The summed E-state index contributed by atoms with van der Waals surface area (Å²) in [5.74, 6) is 1.80. The van der Waals surface area contributed by atoms with Gasteiger partial charge in [-0.25, -0.2) is 4.98 Å². The molecule has 0 bridgehead atoms. The van der Waals surface area contributed by atoms with Crippen LogP contribution in [0.25, 0.3) is 11.0 Å². The van der Waals surface area contributed by atoms with E-state index in [1.54, 1.807) is 0 Å². The van der Waals surface area contributed by atoms with E-state index in [-0.39, 0.29) is 5.91 Å². The lowest BCUT2D eigenvalue weighted by atomic mass is 9.96. The number of amides is 1. The highest BCUT2D eigenvalue weighted by Gasteiger charge is 2.22. The monoisotopic (exact) mass is 404 g/mol. The van der Waals surface area contributed by atoms with Crippen LogP contribution in [0.1, 0.15) is 35.4 Å². The Morgan fingerprint density at radius 2 is 1.73 bits per heavy atom. The molecule has 3 aromatic rings. The number of likely N-dealkylation sites (tertiary alicyclic amines) is 1. The molecular weight excluding hydrogens is 372 g/mol. The molecule has 0 saturated carbocycles. The molecule has 158 valence electrons. The van der Waals surface area contributed by atoms with Crippen molar-refractivity contribution in [1.82, 2.24) is 14.5 Å². The number of benzene rings is 2. The largest absolute Gasteiger partial charge is 0.328 e. The molecular formula is C25H32N4O. The fourth-order valence-electron chi connectivity index (χ4n) is 4.77. The van der Waals surface area contributed by atoms with E-state index in [1.807, 2.05) is 6.07 Å². The highest BCUT2D eigenvalue weighted by molar-refractivity contribution is 5.93. The first-order valence-corrected chi connectivity index (χ1v) is 10.9. The number of fused-ring (bicyclic) bond motifs is 1. The summed E-state index contributed by atoms with van der Waals surface area (Å²) >= 11 is 0. The van der Waals surface area contributed by atoms with Gasteiger partial charge in [-0.2, -0.15) is 0 Å². The number of carbonyl (C=O) groups is 1. The van der Waals surface area contributed by atoms with Crippen LogP contribution in [0.15, 0.2) is 36.4 Å². The number of rotatable bonds is 5. The third kappa shape index (κ3) is 4.41. The summed E-state index contributed by atoms with van der Waals surface area (Å²) in [5.41, 5.74) is 6.74. The Labute approximate surface area is 179 Å². The average molecular weight is 405 g/mol. The van der Waals surface area contributed by atoms with Crippen LogP contribution in [0.4, 0.5) is 5.69 Å². The molecule has 5 heteroatoms. The zero-order chi connectivity index (χ0) is 21.3. The van der Waals surface area contributed by atoms with Gasteiger partial charge in [-0.3, -0.25) is 9.69 Å². The molecule has 0 atom stereocenters. The first kappa shape index (κ1) is 20.6. The van der Waals surface area contributed by atoms with Gasteiger partial charge >= 0.3 is 0 Å². The molecule has 4 rings (SSSR count). The standard InChI is InChI=1S/C25H32N4O/c1-17-13-18(2)25(19(3)14-17)27-24(30)16-28-11-9-21(10-12-28)15-29-20(4)26-22-7-5-6-8-23(22)29/h5-8,13-14,21H,9-12,15-16H2,1-4H3,(H,27,30). The second-order valence-electron chi connectivity index (χ2n) is 8.80. The molecule has 2 heterocycles. The third-order valence-corrected chi connectivity index (χ3v) is 6.30. The molecule has 30 heavy (non-hydrogen) atoms. The summed E-state index contributed by atoms with van der Waals surface area (Å²) < 4.78 is 2.35. The lowest BCUT2D eigenvalue weighted by Gasteiger charge is -2.32. The Morgan fingerprint density at radius 1 is 1.07 bits per heavy atom. The Balaban J connectivity index is 1.31. The second kappa shape index (κ2) is 8.60. The Kier molecular flexibility index (Phi) is 5.91. The SMILES string of the molecule is Cc1cc(C)c(NC(=O)CN2CCC(Cn3c(C)nc4ccccc43)CC2)c(C)c1. The van der Waals surface area contributed by atoms with Gasteiger partial charge in [-0.1, -0.05) is 29.8 Å². The fourth-order valence-corrected chi connectivity index (χ4v) is 4.77. The summed E-state index contributed by atoms with van der Waals surface area (Å²) in [7, 11) is 0. The predicted molar refractivity (Wildman–Crippen MR) is 123 cm³/mol. The molecule has 1 amide bonds. The van der Waals surface area contributed by atoms with Crippen molar-refractivity contribution in [3.63, 3.8) is 0 Å². The van der Waals surface area contributed by atoms with E-state index in [2.05, 4.69) is 72.8 Å². The van der Waals surface area contributed by atoms with Crippen LogP contribution in [0.5, 0.6) is 0 Å². The second-order valence-corrected chi connectivity index (χ2v) is 8.80. The van der Waals surface area contributed by atoms with Gasteiger partial charge in [-0.05, 0) is 82.8 Å². The molecule has 5 nitrogen and oxygen atoms in total. The molecule has 0 aliphatic carbocycles. The molecule has 0 radical (unpaired) electrons. The number of anilines is 1. The molecule has 1 fully saturated rings. The highest BCUT2D eigenvalue weighted by atomic mass is 16.2. The molecule has 2 aromatic carbocycles. The van der Waals surface area contributed by atoms with E-state index in [1.165, 1.54) is 11.1 Å². The zero-order valence-electron chi connectivity index (χ0n) is 18.5. The first-order chi connectivity index (χ1) is 14.4. The smallest absolute Gasteiger partial charge is 0.238 e. The van der Waals surface area contributed by atoms with Crippen LogP contribution in [0, 0.1) is 33.6 Å². The fraction of sp³-hybridized carbons (Fsp3) is 0.440. The number of piperidine rings is 1. The van der Waals surface area contributed by atoms with Crippen LogP contribution >= 0.6 is 0 Å². The van der Waals surface area contributed by atoms with Crippen molar-refractivity contribution in [2.45, 2.75) is 47.1 Å². The van der Waals surface area contributed by atoms with Gasteiger partial charge in [0.25, 0.3) is 0 Å². The minimum absolute atomic E-state index is 0.0833. The molecule has 0 spiro atoms. The maximum absolute atomic E-state index is 12.6. The van der Waals surface area contributed by atoms with Crippen LogP contribution in [0.2, 0.25) is 0 Å². The van der Waals surface area contributed by atoms with Crippen LogP contribution in [-0.2, 0) is 11.3 Å². The molecule has 1 N–H and O–H groups in total. The van der Waals surface area contributed by atoms with Crippen LogP contribution in [0.3, 0.4) is 0 Å². The molecule has 1 aliphatic heterocycles. The normalized spacial score (nSPS) is 15.6. The van der Waals surface area contributed by atoms with Crippen molar-refractivity contribution < 1.29 is 4.79 Å². The first-order valence-electron chi connectivity index (χ1n) is 10.9. The number of aromatic nitrogens is 2. The lowest BCUT2D eigenvalue weighted by molar-refractivity contribution is -0.117. The van der Waals surface area contributed by atoms with Crippen molar-refractivity contribution in [3.8, 4) is 0 Å². The van der Waals surface area contributed by atoms with Crippen LogP contribution in [-0.4, -0.2) is 40.0 Å². The summed E-state index contributed by atoms with van der Waals surface area (Å²) in [5, 5.41) is 3.14. The van der Waals surface area contributed by atoms with Gasteiger partial charge in [0.05, 0.1) is 17.6 Å². The predicted octanol–water partition coefficient (Wildman–Crippen LogP) is 4.62. The van der Waals surface area contributed by atoms with E-state index in [4.69, 9.17) is 4.98 Å². The maximum Gasteiger partial charge on any atom is 0.238 e. The van der Waals surface area contributed by atoms with E-state index >= 15 is 0 Å². The van der Waals surface area contributed by atoms with Gasteiger partial charge in [-0.15, -0.1) is 0 Å². The number of nitrogens with one attached hydrogen (secondary N) is 1. The Morgan fingerprint density at radius 3 is 2.43 bits per heavy atom. The lowest BCUT2D eigenvalue weighted by Crippen LogP contribution is -2.40. The highest BCUT2D eigenvalue weighted by Crippen LogP contribution is 2.24. The van der Waals surface area contributed by atoms with Gasteiger partial charge in [0.2, 0.25) is 5.91 Å². The van der Waals surface area contributed by atoms with Gasteiger partial charge in [0.1, 0.15) is 5.82 Å². The Hall–Kier alpha value is -2.66. The summed E-state index contributed by atoms with van der Waals surface area (Å²) in [6.07, 6.45) is 2.23. The number of nitrogens with zero attached hydrogens (tertiary/aromatic N) is 3. The summed E-state index contributed by atoms with van der Waals surface area (Å²) in [6, 6.07) is 12.6.